The van der Waals surface area contributed by atoms with Gasteiger partial charge >= 0.3 is 8.88 Å². The van der Waals surface area contributed by atoms with E-state index in [1.54, 1.807) is 0 Å². The molecule has 8 aliphatic carbocycles. The van der Waals surface area contributed by atoms with Crippen molar-refractivity contribution in [1.29, 1.82) is 0 Å². The van der Waals surface area contributed by atoms with Crippen molar-refractivity contribution in [3.8, 4) is 0 Å². The van der Waals surface area contributed by atoms with E-state index < -0.39 is 8.88 Å². The van der Waals surface area contributed by atoms with Crippen molar-refractivity contribution in [2.75, 3.05) is 13.2 Å². The Morgan fingerprint density at radius 2 is 0.768 bits per heavy atom. The van der Waals surface area contributed by atoms with Crippen molar-refractivity contribution in [2.45, 2.75) is 105 Å². The third-order valence-corrected chi connectivity index (χ3v) is 22.0. The van der Waals surface area contributed by atoms with Crippen LogP contribution in [-0.2, 0) is 8.85 Å². The molecule has 4 aromatic carbocycles. The van der Waals surface area contributed by atoms with E-state index in [4.69, 9.17) is 38.8 Å². The fourth-order valence-corrected chi connectivity index (χ4v) is 22.5. The normalized spacial score (nSPS) is 36.6. The predicted octanol–water partition coefficient (Wildman–Crippen LogP) is 11.4. The third kappa shape index (κ3) is 5.55. The second-order valence-electron chi connectivity index (χ2n) is 25.5. The highest BCUT2D eigenvalue weighted by molar-refractivity contribution is 6.66. The van der Waals surface area contributed by atoms with Crippen LogP contribution in [-0.4, -0.2) is 53.9 Å². The number of nitrogens with zero attached hydrogens (tertiary/aromatic N) is 8. The van der Waals surface area contributed by atoms with Gasteiger partial charge in [0.1, 0.15) is 22.6 Å². The summed E-state index contributed by atoms with van der Waals surface area (Å²) in [6, 6.07) is 34.1. The quantitative estimate of drug-likeness (QED) is 0.155. The number of benzene rings is 4. The number of aromatic nitrogens is 2. The van der Waals surface area contributed by atoms with Crippen molar-refractivity contribution in [3.05, 3.63) is 130 Å². The highest BCUT2D eigenvalue weighted by Crippen LogP contribution is 2.71. The number of hydrogen-bond acceptors (Lipinski definition) is 8. The van der Waals surface area contributed by atoms with Crippen LogP contribution in [0.1, 0.15) is 127 Å². The molecule has 69 heavy (non-hydrogen) atoms. The van der Waals surface area contributed by atoms with E-state index >= 15 is 0 Å². The Bertz CT molecular complexity index is 3350. The van der Waals surface area contributed by atoms with E-state index in [0.29, 0.717) is 70.1 Å². The minimum absolute atomic E-state index is 0.00905. The molecule has 8 saturated carbocycles. The Morgan fingerprint density at radius 1 is 0.420 bits per heavy atom. The van der Waals surface area contributed by atoms with Gasteiger partial charge < -0.3 is 8.85 Å². The molecule has 8 fully saturated rings. The van der Waals surface area contributed by atoms with Crippen molar-refractivity contribution in [2.24, 2.45) is 74.3 Å². The Kier molecular flexibility index (Phi) is 7.57. The zero-order valence-electron chi connectivity index (χ0n) is 40.2. The number of hydrogen-bond donors (Lipinski definition) is 0. The molecular formula is C58H58N8O2Si. The first-order chi connectivity index (χ1) is 33.3. The van der Waals surface area contributed by atoms with Crippen LogP contribution in [0, 0.1) is 44.3 Å². The molecule has 11 heteroatoms. The van der Waals surface area contributed by atoms with Gasteiger partial charge in [0, 0.05) is 57.0 Å². The van der Waals surface area contributed by atoms with Gasteiger partial charge in [-0.3, -0.25) is 8.47 Å². The van der Waals surface area contributed by atoms with Gasteiger partial charge in [0.15, 0.2) is 23.3 Å². The molecule has 0 amide bonds. The molecule has 0 saturated heterocycles. The lowest BCUT2D eigenvalue weighted by Gasteiger charge is -2.66. The molecule has 4 unspecified atom stereocenters. The van der Waals surface area contributed by atoms with Gasteiger partial charge in [0.25, 0.3) is 0 Å². The van der Waals surface area contributed by atoms with Crippen LogP contribution >= 0.6 is 0 Å². The van der Waals surface area contributed by atoms with Gasteiger partial charge in [-0.25, -0.2) is 30.0 Å². The number of aliphatic imine (C=N–C) groups is 4. The lowest BCUT2D eigenvalue weighted by atomic mass is 9.40. The molecule has 6 aromatic rings. The fourth-order valence-electron chi connectivity index (χ4n) is 18.9. The summed E-state index contributed by atoms with van der Waals surface area (Å²) < 4.78 is 21.7. The third-order valence-electron chi connectivity index (χ3n) is 18.9. The van der Waals surface area contributed by atoms with Gasteiger partial charge in [-0.05, 0) is 121 Å². The van der Waals surface area contributed by atoms with Crippen LogP contribution in [0.25, 0.3) is 21.5 Å². The highest BCUT2D eigenvalue weighted by atomic mass is 28.4. The molecule has 0 radical (unpaired) electrons. The molecule has 346 valence electrons. The zero-order chi connectivity index (χ0) is 45.9. The van der Waals surface area contributed by atoms with Gasteiger partial charge in [-0.2, -0.15) is 0 Å². The average molecular weight is 927 g/mol. The first kappa shape index (κ1) is 40.1. The van der Waals surface area contributed by atoms with Crippen LogP contribution in [0.15, 0.2) is 127 Å². The maximum atomic E-state index is 8.50. The highest BCUT2D eigenvalue weighted by Gasteiger charge is 2.64. The summed E-state index contributed by atoms with van der Waals surface area (Å²) in [5, 5.41) is 3.90. The van der Waals surface area contributed by atoms with E-state index in [1.807, 2.05) is 0 Å². The van der Waals surface area contributed by atoms with Crippen molar-refractivity contribution >= 4 is 65.4 Å². The molecule has 4 atom stereocenters. The van der Waals surface area contributed by atoms with Crippen LogP contribution in [0.3, 0.4) is 0 Å². The summed E-state index contributed by atoms with van der Waals surface area (Å²) in [4.78, 5) is 33.8. The molecule has 12 aliphatic rings. The van der Waals surface area contributed by atoms with E-state index in [-0.39, 0.29) is 10.8 Å². The monoisotopic (exact) mass is 926 g/mol. The van der Waals surface area contributed by atoms with Gasteiger partial charge in [0.2, 0.25) is 0 Å². The Morgan fingerprint density at radius 3 is 1.14 bits per heavy atom. The number of amidine groups is 4. The van der Waals surface area contributed by atoms with E-state index in [2.05, 4.69) is 133 Å². The fraction of sp³-hybridized carbons (Fsp3) is 0.448. The average Bonchev–Trinajstić information content (AvgIpc) is 4.01. The second-order valence-corrected chi connectivity index (χ2v) is 28.1. The van der Waals surface area contributed by atoms with Gasteiger partial charge in [0.05, 0.1) is 0 Å². The summed E-state index contributed by atoms with van der Waals surface area (Å²) in [5.74, 6) is 5.41. The van der Waals surface area contributed by atoms with Gasteiger partial charge in [-0.15, -0.1) is 0 Å². The Hall–Kier alpha value is -5.62. The van der Waals surface area contributed by atoms with Crippen molar-refractivity contribution in [3.63, 3.8) is 0 Å². The topological polar surface area (TPSA) is 102 Å². The molecule has 0 spiro atoms. The first-order valence-corrected chi connectivity index (χ1v) is 27.6. The largest absolute Gasteiger partial charge is 0.603 e. The minimum Gasteiger partial charge on any atom is -0.360 e. The van der Waals surface area contributed by atoms with Crippen molar-refractivity contribution in [1.82, 2.24) is 8.47 Å². The van der Waals surface area contributed by atoms with Crippen LogP contribution < -0.4 is 11.0 Å². The predicted molar refractivity (Wildman–Crippen MR) is 273 cm³/mol. The molecular weight excluding hydrogens is 869 g/mol. The maximum Gasteiger partial charge on any atom is 0.603 e. The lowest BCUT2D eigenvalue weighted by Crippen LogP contribution is -2.67. The van der Waals surface area contributed by atoms with E-state index in [1.165, 1.54) is 51.4 Å². The van der Waals surface area contributed by atoms with Gasteiger partial charge in [-0.1, -0.05) is 125 Å². The summed E-state index contributed by atoms with van der Waals surface area (Å²) in [6.07, 6.45) is 14.9. The SMILES string of the molecule is CC12CC3CC(C)(C1)CC(CO[Si]1(OCC45CC6CC(C)(CC(C)(C6)C4)C5)n4c5c6ccccc6c4N=C4N=C(N=c6c7ccccc7c(n61)=NC1=NC(=N5)c5ccccc51)c1ccccc14)(C3)C2. The number of fused-ring (bicyclic) bond motifs is 14. The Balaban J connectivity index is 1.06. The second kappa shape index (κ2) is 13.0. The molecule has 10 nitrogen and oxygen atoms in total. The van der Waals surface area contributed by atoms with Crippen LogP contribution in [0.5, 0.6) is 0 Å². The first-order valence-electron chi connectivity index (χ1n) is 25.8. The van der Waals surface area contributed by atoms with Crippen LogP contribution in [0.4, 0.5) is 11.6 Å². The zero-order valence-corrected chi connectivity index (χ0v) is 41.2. The molecule has 4 aliphatic heterocycles. The minimum atomic E-state index is -4.29. The standard InChI is InChI=1S/C58H58N8O2Si/c1-53-21-35-22-54(2,27-53)30-57(25-35,29-53)33-67-69(68-34-58-26-36-23-55(3,31-58)28-56(4,24-36)32-58)65-49-41-17-9-10-18-42(41)51(65)63-47-39-15-7-8-16-40(39)48(60-47)64-52-44-20-12-11-19-43(44)50(66(52)69)62-46-38-14-6-5-13-37(38)45(59-46)61-49/h5-20,35-36H,21-34H2,1-4H3. The summed E-state index contributed by atoms with van der Waals surface area (Å²) in [5.41, 5.74) is 6.46. The molecule has 6 heterocycles. The number of rotatable bonds is 6. The molecule has 2 aromatic heterocycles. The maximum absolute atomic E-state index is 8.50. The molecule has 18 rings (SSSR count). The molecule has 0 N–H and O–H groups in total. The summed E-state index contributed by atoms with van der Waals surface area (Å²) >= 11 is 0. The molecule has 14 bridgehead atoms. The summed E-state index contributed by atoms with van der Waals surface area (Å²) in [6.45, 7) is 11.5. The van der Waals surface area contributed by atoms with E-state index in [9.17, 15) is 0 Å². The Labute approximate surface area is 403 Å². The van der Waals surface area contributed by atoms with Crippen LogP contribution in [0.2, 0.25) is 0 Å². The lowest BCUT2D eigenvalue weighted by molar-refractivity contribution is -0.168. The van der Waals surface area contributed by atoms with E-state index in [0.717, 1.165) is 92.1 Å². The summed E-state index contributed by atoms with van der Waals surface area (Å²) in [7, 11) is -4.29. The smallest absolute Gasteiger partial charge is 0.360 e. The van der Waals surface area contributed by atoms with Crippen molar-refractivity contribution < 1.29 is 8.85 Å².